The molecule has 0 bridgehead atoms. The fourth-order valence-electron chi connectivity index (χ4n) is 3.07. The summed E-state index contributed by atoms with van der Waals surface area (Å²) in [5.41, 5.74) is 0.551. The third-order valence-electron chi connectivity index (χ3n) is 5.15. The molecule has 0 amide bonds. The molecule has 0 saturated carbocycles. The van der Waals surface area contributed by atoms with Crippen LogP contribution in [0.2, 0.25) is 0 Å². The largest absolute Gasteiger partial charge is 0.379 e. The van der Waals surface area contributed by atoms with E-state index in [2.05, 4.69) is 15.2 Å². The monoisotopic (exact) mass is 474 g/mol. The molecule has 1 aromatic heterocycles. The fourth-order valence-corrected chi connectivity index (χ4v) is 4.34. The first-order valence-electron chi connectivity index (χ1n) is 11.2. The second-order valence-electron chi connectivity index (χ2n) is 9.01. The Morgan fingerprint density at radius 1 is 1.00 bits per heavy atom. The zero-order valence-electron chi connectivity index (χ0n) is 19.6. The van der Waals surface area contributed by atoms with Gasteiger partial charge in [-0.1, -0.05) is 26.0 Å². The summed E-state index contributed by atoms with van der Waals surface area (Å²) >= 11 is 0. The van der Waals surface area contributed by atoms with Crippen LogP contribution in [0.5, 0.6) is 0 Å². The van der Waals surface area contributed by atoms with E-state index < -0.39 is 9.84 Å². The summed E-state index contributed by atoms with van der Waals surface area (Å²) in [7, 11) is -2.87. The number of aromatic nitrogens is 3. The molecule has 0 spiro atoms. The Morgan fingerprint density at radius 2 is 1.59 bits per heavy atom. The second-order valence-corrected chi connectivity index (χ2v) is 11.3. The predicted molar refractivity (Wildman–Crippen MR) is 120 cm³/mol. The Bertz CT molecular complexity index is 776. The molecule has 0 N–H and O–H groups in total. The van der Waals surface area contributed by atoms with Gasteiger partial charge in [0, 0.05) is 44.3 Å². The van der Waals surface area contributed by atoms with Gasteiger partial charge in [-0.2, -0.15) is 0 Å². The van der Waals surface area contributed by atoms with Crippen molar-refractivity contribution in [3.8, 4) is 0 Å². The lowest BCUT2D eigenvalue weighted by atomic mass is 9.88. The van der Waals surface area contributed by atoms with Gasteiger partial charge in [-0.25, -0.2) is 13.1 Å². The Hall–Kier alpha value is -1.40. The van der Waals surface area contributed by atoms with Gasteiger partial charge in [0.05, 0.1) is 56.8 Å². The third kappa shape index (κ3) is 11.0. The molecule has 1 aliphatic rings. The van der Waals surface area contributed by atoms with Crippen LogP contribution in [0, 0.1) is 5.41 Å². The van der Waals surface area contributed by atoms with Gasteiger partial charge in [0.25, 0.3) is 0 Å². The molecule has 2 heterocycles. The molecule has 32 heavy (non-hydrogen) atoms. The first-order valence-corrected chi connectivity index (χ1v) is 13.1. The van der Waals surface area contributed by atoms with E-state index in [9.17, 15) is 13.2 Å². The van der Waals surface area contributed by atoms with Crippen molar-refractivity contribution < 1.29 is 27.4 Å². The number of Topliss-reactive ketones (excluding diaryl/α,β-unsaturated/α-hetero) is 1. The Balaban J connectivity index is 1.41. The molecule has 0 radical (unpaired) electrons. The van der Waals surface area contributed by atoms with E-state index in [1.54, 1.807) is 4.68 Å². The molecule has 1 aliphatic heterocycles. The van der Waals surface area contributed by atoms with Crippen LogP contribution in [0.15, 0.2) is 6.20 Å². The minimum absolute atomic E-state index is 0.210. The van der Waals surface area contributed by atoms with Crippen LogP contribution in [-0.4, -0.2) is 98.3 Å². The maximum atomic E-state index is 11.8. The summed E-state index contributed by atoms with van der Waals surface area (Å²) in [6.45, 7) is 11.2. The van der Waals surface area contributed by atoms with E-state index in [1.165, 1.54) is 0 Å². The minimum Gasteiger partial charge on any atom is -0.379 e. The average molecular weight is 475 g/mol. The van der Waals surface area contributed by atoms with Gasteiger partial charge in [0.1, 0.15) is 5.78 Å². The van der Waals surface area contributed by atoms with Gasteiger partial charge in [-0.05, 0) is 6.42 Å². The predicted octanol–water partition coefficient (Wildman–Crippen LogP) is 0.954. The summed E-state index contributed by atoms with van der Waals surface area (Å²) in [6.07, 6.45) is 3.16. The van der Waals surface area contributed by atoms with E-state index in [0.717, 1.165) is 12.1 Å². The van der Waals surface area contributed by atoms with Crippen LogP contribution in [0.3, 0.4) is 0 Å². The fraction of sp³-hybridized carbons (Fsp3) is 0.857. The maximum absolute atomic E-state index is 11.8. The molecular formula is C21H38N4O6S. The van der Waals surface area contributed by atoms with Crippen LogP contribution in [0.25, 0.3) is 0 Å². The average Bonchev–Trinajstić information content (AvgIpc) is 3.16. The smallest absolute Gasteiger partial charge is 0.152 e. The molecule has 1 saturated heterocycles. The number of carbonyl (C=O) groups is 1. The quantitative estimate of drug-likeness (QED) is 0.343. The van der Waals surface area contributed by atoms with Crippen molar-refractivity contribution >= 4 is 15.6 Å². The minimum atomic E-state index is -2.87. The highest BCUT2D eigenvalue weighted by Gasteiger charge is 2.22. The Kier molecular flexibility index (Phi) is 11.2. The van der Waals surface area contributed by atoms with E-state index in [1.807, 2.05) is 27.0 Å². The van der Waals surface area contributed by atoms with Crippen molar-refractivity contribution in [2.24, 2.45) is 5.41 Å². The normalized spacial score (nSPS) is 17.0. The summed E-state index contributed by atoms with van der Waals surface area (Å²) in [5.74, 6) is 0.680. The van der Waals surface area contributed by atoms with Crippen molar-refractivity contribution in [3.05, 3.63) is 11.9 Å². The summed E-state index contributed by atoms with van der Waals surface area (Å²) < 4.78 is 41.2. The summed E-state index contributed by atoms with van der Waals surface area (Å²) in [5, 5.41) is 8.24. The lowest BCUT2D eigenvalue weighted by Crippen LogP contribution is -2.39. The molecule has 1 aromatic rings. The van der Waals surface area contributed by atoms with Crippen molar-refractivity contribution in [3.63, 3.8) is 0 Å². The molecule has 11 heteroatoms. The van der Waals surface area contributed by atoms with Gasteiger partial charge in [-0.3, -0.25) is 9.69 Å². The van der Waals surface area contributed by atoms with Gasteiger partial charge in [-0.15, -0.1) is 5.10 Å². The molecule has 184 valence electrons. The lowest BCUT2D eigenvalue weighted by Gasteiger charge is -2.25. The number of nitrogens with zero attached hydrogens (tertiary/aromatic N) is 4. The van der Waals surface area contributed by atoms with Gasteiger partial charge in [0.2, 0.25) is 0 Å². The van der Waals surface area contributed by atoms with Crippen molar-refractivity contribution in [2.45, 2.75) is 46.7 Å². The second kappa shape index (κ2) is 13.3. The highest BCUT2D eigenvalue weighted by Crippen LogP contribution is 2.17. The number of carbonyl (C=O) groups excluding carboxylic acids is 1. The summed E-state index contributed by atoms with van der Waals surface area (Å²) in [6, 6.07) is 0. The first kappa shape index (κ1) is 26.8. The number of sulfone groups is 1. The van der Waals surface area contributed by atoms with Crippen molar-refractivity contribution in [1.82, 2.24) is 19.9 Å². The molecule has 10 nitrogen and oxygen atoms in total. The maximum Gasteiger partial charge on any atom is 0.152 e. The highest BCUT2D eigenvalue weighted by atomic mass is 32.2. The SMILES string of the molecule is CC(C)(C)C(=O)CCCOCCOCCOCCn1cc(CN2CCS(=O)(=O)CC2)nn1. The zero-order valence-corrected chi connectivity index (χ0v) is 20.4. The van der Waals surface area contributed by atoms with Crippen LogP contribution >= 0.6 is 0 Å². The molecule has 0 unspecified atom stereocenters. The van der Waals surface area contributed by atoms with E-state index in [4.69, 9.17) is 14.2 Å². The number of ketones is 1. The number of rotatable bonds is 15. The number of hydrogen-bond donors (Lipinski definition) is 0. The van der Waals surface area contributed by atoms with Crippen LogP contribution in [0.1, 0.15) is 39.3 Å². The van der Waals surface area contributed by atoms with E-state index in [0.29, 0.717) is 72.2 Å². The molecule has 1 fully saturated rings. The molecule has 2 rings (SSSR count). The lowest BCUT2D eigenvalue weighted by molar-refractivity contribution is -0.126. The topological polar surface area (TPSA) is 113 Å². The van der Waals surface area contributed by atoms with Gasteiger partial charge < -0.3 is 14.2 Å². The zero-order chi connectivity index (χ0) is 23.5. The molecular weight excluding hydrogens is 436 g/mol. The van der Waals surface area contributed by atoms with Crippen molar-refractivity contribution in [2.75, 3.05) is 64.2 Å². The summed E-state index contributed by atoms with van der Waals surface area (Å²) in [4.78, 5) is 13.9. The van der Waals surface area contributed by atoms with Gasteiger partial charge >= 0.3 is 0 Å². The highest BCUT2D eigenvalue weighted by molar-refractivity contribution is 7.91. The standard InChI is InChI=1S/C21H38N4O6S/c1-21(2,3)20(26)5-4-9-29-11-13-31-14-12-30-10-6-25-18-19(22-23-25)17-24-7-15-32(27,28)16-8-24/h18H,4-17H2,1-3H3. The molecule has 0 aliphatic carbocycles. The molecule has 0 atom stereocenters. The number of ether oxygens (including phenoxy) is 3. The van der Waals surface area contributed by atoms with E-state index >= 15 is 0 Å². The third-order valence-corrected chi connectivity index (χ3v) is 6.76. The van der Waals surface area contributed by atoms with Crippen molar-refractivity contribution in [1.29, 1.82) is 0 Å². The first-order chi connectivity index (χ1) is 15.2. The molecule has 0 aromatic carbocycles. The van der Waals surface area contributed by atoms with Crippen LogP contribution in [-0.2, 0) is 41.9 Å². The van der Waals surface area contributed by atoms with Gasteiger partial charge in [0.15, 0.2) is 9.84 Å². The Morgan fingerprint density at radius 3 is 2.22 bits per heavy atom. The number of hydrogen-bond acceptors (Lipinski definition) is 9. The van der Waals surface area contributed by atoms with Crippen LogP contribution in [0.4, 0.5) is 0 Å². The van der Waals surface area contributed by atoms with E-state index in [-0.39, 0.29) is 22.7 Å². The Labute approximate surface area is 191 Å². The van der Waals surface area contributed by atoms with Crippen LogP contribution < -0.4 is 0 Å².